The van der Waals surface area contributed by atoms with Crippen molar-refractivity contribution in [1.82, 2.24) is 14.3 Å². The minimum Gasteiger partial charge on any atom is -0.457 e. The van der Waals surface area contributed by atoms with E-state index in [-0.39, 0.29) is 11.4 Å². The van der Waals surface area contributed by atoms with Crippen LogP contribution in [-0.2, 0) is 23.1 Å². The standard InChI is InChI=1S/C18H15N3O3S/c22-25(23,21-11-14-10-19-13-20-18(14)12-21)17-8-6-16(7-9-17)24-15-4-2-1-3-5-15/h1-10,13H,11-12H2. The van der Waals surface area contributed by atoms with Crippen LogP contribution in [0.5, 0.6) is 11.5 Å². The maximum Gasteiger partial charge on any atom is 0.243 e. The van der Waals surface area contributed by atoms with Crippen LogP contribution in [0.4, 0.5) is 0 Å². The van der Waals surface area contributed by atoms with Gasteiger partial charge in [-0.05, 0) is 36.4 Å². The van der Waals surface area contributed by atoms with E-state index in [0.717, 1.165) is 11.3 Å². The molecular formula is C18H15N3O3S. The Hall–Kier alpha value is -2.77. The van der Waals surface area contributed by atoms with Crippen molar-refractivity contribution in [1.29, 1.82) is 0 Å². The molecule has 1 aromatic heterocycles. The monoisotopic (exact) mass is 353 g/mol. The normalized spacial score (nSPS) is 14.2. The van der Waals surface area contributed by atoms with Crippen molar-refractivity contribution in [3.8, 4) is 11.5 Å². The molecule has 0 amide bonds. The third-order valence-corrected chi connectivity index (χ3v) is 5.80. The summed E-state index contributed by atoms with van der Waals surface area (Å²) in [6.45, 7) is 0.559. The molecular weight excluding hydrogens is 338 g/mol. The Morgan fingerprint density at radius 3 is 2.36 bits per heavy atom. The first-order chi connectivity index (χ1) is 12.1. The molecule has 0 saturated carbocycles. The van der Waals surface area contributed by atoms with Gasteiger partial charge in [0, 0.05) is 18.3 Å². The number of hydrogen-bond acceptors (Lipinski definition) is 5. The van der Waals surface area contributed by atoms with E-state index in [2.05, 4.69) is 9.97 Å². The summed E-state index contributed by atoms with van der Waals surface area (Å²) >= 11 is 0. The molecule has 2 aromatic carbocycles. The molecule has 7 heteroatoms. The molecule has 6 nitrogen and oxygen atoms in total. The van der Waals surface area contributed by atoms with E-state index in [1.165, 1.54) is 10.6 Å². The molecule has 0 spiro atoms. The van der Waals surface area contributed by atoms with Gasteiger partial charge in [0.05, 0.1) is 17.1 Å². The van der Waals surface area contributed by atoms with Gasteiger partial charge in [0.1, 0.15) is 17.8 Å². The number of fused-ring (bicyclic) bond motifs is 1. The van der Waals surface area contributed by atoms with Gasteiger partial charge in [0.2, 0.25) is 10.0 Å². The lowest BCUT2D eigenvalue weighted by Crippen LogP contribution is -2.25. The first kappa shape index (κ1) is 15.7. The molecule has 0 N–H and O–H groups in total. The summed E-state index contributed by atoms with van der Waals surface area (Å²) in [4.78, 5) is 8.32. The Morgan fingerprint density at radius 2 is 1.64 bits per heavy atom. The first-order valence-electron chi connectivity index (χ1n) is 7.74. The van der Waals surface area contributed by atoms with Crippen LogP contribution in [0.3, 0.4) is 0 Å². The molecule has 4 rings (SSSR count). The van der Waals surface area contributed by atoms with E-state index in [0.29, 0.717) is 18.0 Å². The van der Waals surface area contributed by atoms with E-state index >= 15 is 0 Å². The predicted molar refractivity (Wildman–Crippen MR) is 91.4 cm³/mol. The molecule has 1 aliphatic heterocycles. The van der Waals surface area contributed by atoms with Gasteiger partial charge in [-0.25, -0.2) is 18.4 Å². The lowest BCUT2D eigenvalue weighted by molar-refractivity contribution is 0.429. The van der Waals surface area contributed by atoms with Gasteiger partial charge in [-0.3, -0.25) is 0 Å². The average molecular weight is 353 g/mol. The number of ether oxygens (including phenoxy) is 1. The number of aromatic nitrogens is 2. The Bertz CT molecular complexity index is 965. The molecule has 0 unspecified atom stereocenters. The van der Waals surface area contributed by atoms with Crippen LogP contribution in [0.15, 0.2) is 72.0 Å². The zero-order valence-corrected chi connectivity index (χ0v) is 14.1. The summed E-state index contributed by atoms with van der Waals surface area (Å²) < 4.78 is 32.7. The Labute approximate surface area is 145 Å². The Balaban J connectivity index is 1.54. The minimum atomic E-state index is -3.59. The molecule has 3 aromatic rings. The fourth-order valence-corrected chi connectivity index (χ4v) is 4.07. The van der Waals surface area contributed by atoms with Crippen LogP contribution >= 0.6 is 0 Å². The third-order valence-electron chi connectivity index (χ3n) is 3.99. The van der Waals surface area contributed by atoms with Gasteiger partial charge in [-0.2, -0.15) is 4.31 Å². The highest BCUT2D eigenvalue weighted by molar-refractivity contribution is 7.89. The van der Waals surface area contributed by atoms with Crippen molar-refractivity contribution >= 4 is 10.0 Å². The summed E-state index contributed by atoms with van der Waals surface area (Å²) in [5, 5.41) is 0. The maximum atomic E-state index is 12.8. The van der Waals surface area contributed by atoms with Gasteiger partial charge in [-0.1, -0.05) is 18.2 Å². The fourth-order valence-electron chi connectivity index (χ4n) is 2.69. The van der Waals surface area contributed by atoms with Gasteiger partial charge >= 0.3 is 0 Å². The van der Waals surface area contributed by atoms with Crippen LogP contribution in [0.1, 0.15) is 11.3 Å². The molecule has 0 bridgehead atoms. The second-order valence-electron chi connectivity index (χ2n) is 5.65. The number of sulfonamides is 1. The fraction of sp³-hybridized carbons (Fsp3) is 0.111. The number of para-hydroxylation sites is 1. The van der Waals surface area contributed by atoms with Crippen molar-refractivity contribution in [3.63, 3.8) is 0 Å². The van der Waals surface area contributed by atoms with Crippen LogP contribution in [0, 0.1) is 0 Å². The molecule has 2 heterocycles. The number of benzene rings is 2. The zero-order valence-electron chi connectivity index (χ0n) is 13.2. The second-order valence-corrected chi connectivity index (χ2v) is 7.59. The van der Waals surface area contributed by atoms with Crippen molar-refractivity contribution in [2.24, 2.45) is 0 Å². The van der Waals surface area contributed by atoms with E-state index < -0.39 is 10.0 Å². The van der Waals surface area contributed by atoms with Crippen LogP contribution in [0.25, 0.3) is 0 Å². The molecule has 0 radical (unpaired) electrons. The van der Waals surface area contributed by atoms with Crippen LogP contribution in [0.2, 0.25) is 0 Å². The first-order valence-corrected chi connectivity index (χ1v) is 9.18. The molecule has 25 heavy (non-hydrogen) atoms. The van der Waals surface area contributed by atoms with Crippen molar-refractivity contribution in [2.75, 3.05) is 0 Å². The lowest BCUT2D eigenvalue weighted by atomic mass is 10.3. The van der Waals surface area contributed by atoms with E-state index in [4.69, 9.17) is 4.74 Å². The highest BCUT2D eigenvalue weighted by Crippen LogP contribution is 2.28. The Morgan fingerprint density at radius 1 is 0.920 bits per heavy atom. The minimum absolute atomic E-state index is 0.230. The summed E-state index contributed by atoms with van der Waals surface area (Å²) in [5.74, 6) is 1.28. The average Bonchev–Trinajstić information content (AvgIpc) is 3.08. The van der Waals surface area contributed by atoms with Gasteiger partial charge in [0.15, 0.2) is 0 Å². The lowest BCUT2D eigenvalue weighted by Gasteiger charge is -2.15. The van der Waals surface area contributed by atoms with Gasteiger partial charge < -0.3 is 4.74 Å². The largest absolute Gasteiger partial charge is 0.457 e. The summed E-state index contributed by atoms with van der Waals surface area (Å²) in [6.07, 6.45) is 3.10. The quantitative estimate of drug-likeness (QED) is 0.721. The number of nitrogens with zero attached hydrogens (tertiary/aromatic N) is 3. The topological polar surface area (TPSA) is 72.4 Å². The Kier molecular flexibility index (Phi) is 3.95. The van der Waals surface area contributed by atoms with Crippen LogP contribution in [-0.4, -0.2) is 22.7 Å². The number of rotatable bonds is 4. The van der Waals surface area contributed by atoms with Crippen molar-refractivity contribution in [2.45, 2.75) is 18.0 Å². The third kappa shape index (κ3) is 3.11. The summed E-state index contributed by atoms with van der Waals surface area (Å²) in [7, 11) is -3.59. The molecule has 126 valence electrons. The van der Waals surface area contributed by atoms with E-state index in [1.54, 1.807) is 30.5 Å². The molecule has 0 atom stereocenters. The molecule has 0 aliphatic carbocycles. The second kappa shape index (κ2) is 6.27. The summed E-state index contributed by atoms with van der Waals surface area (Å²) in [5.41, 5.74) is 1.60. The molecule has 0 saturated heterocycles. The highest BCUT2D eigenvalue weighted by atomic mass is 32.2. The molecule has 0 fully saturated rings. The van der Waals surface area contributed by atoms with Crippen molar-refractivity contribution < 1.29 is 13.2 Å². The maximum absolute atomic E-state index is 12.8. The van der Waals surface area contributed by atoms with Gasteiger partial charge in [0.25, 0.3) is 0 Å². The SMILES string of the molecule is O=S(=O)(c1ccc(Oc2ccccc2)cc1)N1Cc2cncnc2C1. The van der Waals surface area contributed by atoms with E-state index in [9.17, 15) is 8.42 Å². The highest BCUT2D eigenvalue weighted by Gasteiger charge is 2.31. The van der Waals surface area contributed by atoms with Gasteiger partial charge in [-0.15, -0.1) is 0 Å². The molecule has 1 aliphatic rings. The smallest absolute Gasteiger partial charge is 0.243 e. The predicted octanol–water partition coefficient (Wildman–Crippen LogP) is 2.97. The van der Waals surface area contributed by atoms with Crippen molar-refractivity contribution in [3.05, 3.63) is 78.4 Å². The zero-order chi connectivity index (χ0) is 17.3. The van der Waals surface area contributed by atoms with E-state index in [1.807, 2.05) is 30.3 Å². The van der Waals surface area contributed by atoms with Crippen LogP contribution < -0.4 is 4.74 Å². The summed E-state index contributed by atoms with van der Waals surface area (Å²) in [6, 6.07) is 15.8. The number of hydrogen-bond donors (Lipinski definition) is 0.